The number of unbranched alkanes of at least 4 members (excludes halogenated alkanes) is 2. The first kappa shape index (κ1) is 19.5. The van der Waals surface area contributed by atoms with Crippen LogP contribution < -0.4 is 9.47 Å². The second-order valence-corrected chi connectivity index (χ2v) is 6.71. The van der Waals surface area contributed by atoms with E-state index in [0.717, 1.165) is 35.8 Å². The molecule has 0 fully saturated rings. The summed E-state index contributed by atoms with van der Waals surface area (Å²) in [5.41, 5.74) is 0. The first-order chi connectivity index (χ1) is 12.0. The van der Waals surface area contributed by atoms with E-state index >= 15 is 0 Å². The van der Waals surface area contributed by atoms with Gasteiger partial charge in [0.05, 0.1) is 19.8 Å². The molecule has 0 aliphatic heterocycles. The monoisotopic (exact) mass is 368 g/mol. The molecule has 0 bridgehead atoms. The average molecular weight is 368 g/mol. The van der Waals surface area contributed by atoms with Crippen molar-refractivity contribution in [3.63, 3.8) is 0 Å². The van der Waals surface area contributed by atoms with Crippen LogP contribution in [-0.2, 0) is 14.6 Å². The quantitative estimate of drug-likeness (QED) is 0.477. The first-order valence-corrected chi connectivity index (χ1v) is 9.77. The van der Waals surface area contributed by atoms with Crippen molar-refractivity contribution in [2.45, 2.75) is 32.6 Å². The fourth-order valence-corrected chi connectivity index (χ4v) is 2.77. The lowest BCUT2D eigenvalue weighted by Gasteiger charge is -2.12. The number of fused-ring (bicyclic) bond motifs is 1. The lowest BCUT2D eigenvalue weighted by Crippen LogP contribution is -2.08. The SMILES string of the molecule is CCCCCOc1cccc2c(OCCCOS(=O)(=O)O)cccc12. The highest BCUT2D eigenvalue weighted by molar-refractivity contribution is 7.80. The van der Waals surface area contributed by atoms with Crippen LogP contribution in [0.1, 0.15) is 32.6 Å². The van der Waals surface area contributed by atoms with Gasteiger partial charge in [0.2, 0.25) is 0 Å². The van der Waals surface area contributed by atoms with Crippen LogP contribution in [0.5, 0.6) is 11.5 Å². The van der Waals surface area contributed by atoms with E-state index in [1.54, 1.807) is 0 Å². The van der Waals surface area contributed by atoms with Crippen molar-refractivity contribution < 1.29 is 26.6 Å². The zero-order valence-corrected chi connectivity index (χ0v) is 15.1. The van der Waals surface area contributed by atoms with Gasteiger partial charge in [0.25, 0.3) is 0 Å². The number of hydrogen-bond acceptors (Lipinski definition) is 5. The van der Waals surface area contributed by atoms with Crippen LogP contribution in [-0.4, -0.2) is 32.8 Å². The molecule has 0 atom stereocenters. The van der Waals surface area contributed by atoms with E-state index in [4.69, 9.17) is 14.0 Å². The molecule has 25 heavy (non-hydrogen) atoms. The maximum Gasteiger partial charge on any atom is 0.397 e. The molecule has 0 aliphatic carbocycles. The normalized spacial score (nSPS) is 11.6. The number of benzene rings is 2. The molecular formula is C18H24O6S. The standard InChI is InChI=1S/C18H24O6S/c1-2-3-4-12-22-17-10-5-9-16-15(17)8-6-11-18(16)23-13-7-14-24-25(19,20)21/h5-6,8-11H,2-4,7,12-14H2,1H3,(H,19,20,21). The highest BCUT2D eigenvalue weighted by Gasteiger charge is 2.08. The minimum atomic E-state index is -4.39. The molecule has 1 N–H and O–H groups in total. The first-order valence-electron chi connectivity index (χ1n) is 8.40. The van der Waals surface area contributed by atoms with Crippen LogP contribution in [0.25, 0.3) is 10.8 Å². The molecule has 0 unspecified atom stereocenters. The van der Waals surface area contributed by atoms with Gasteiger partial charge in [-0.2, -0.15) is 8.42 Å². The summed E-state index contributed by atoms with van der Waals surface area (Å²) in [5, 5.41) is 1.91. The summed E-state index contributed by atoms with van der Waals surface area (Å²) in [7, 11) is -4.39. The molecule has 0 saturated heterocycles. The molecule has 6 nitrogen and oxygen atoms in total. The topological polar surface area (TPSA) is 82.1 Å². The molecule has 0 aliphatic rings. The number of hydrogen-bond donors (Lipinski definition) is 1. The van der Waals surface area contributed by atoms with Gasteiger partial charge in [0.15, 0.2) is 0 Å². The Labute approximate surface area is 148 Å². The molecule has 0 saturated carbocycles. The Hall–Kier alpha value is -1.83. The second kappa shape index (κ2) is 9.60. The predicted molar refractivity (Wildman–Crippen MR) is 96.6 cm³/mol. The van der Waals surface area contributed by atoms with Gasteiger partial charge < -0.3 is 9.47 Å². The molecule has 0 radical (unpaired) electrons. The van der Waals surface area contributed by atoms with Crippen LogP contribution in [0.2, 0.25) is 0 Å². The molecule has 0 amide bonds. The van der Waals surface area contributed by atoms with Gasteiger partial charge in [-0.25, -0.2) is 4.18 Å². The van der Waals surface area contributed by atoms with E-state index in [1.807, 2.05) is 36.4 Å². The van der Waals surface area contributed by atoms with Crippen molar-refractivity contribution in [1.29, 1.82) is 0 Å². The van der Waals surface area contributed by atoms with Crippen molar-refractivity contribution >= 4 is 21.2 Å². The highest BCUT2D eigenvalue weighted by Crippen LogP contribution is 2.32. The van der Waals surface area contributed by atoms with Gasteiger partial charge in [-0.1, -0.05) is 44.0 Å². The summed E-state index contributed by atoms with van der Waals surface area (Å²) < 4.78 is 45.3. The number of ether oxygens (including phenoxy) is 2. The Morgan fingerprint density at radius 3 is 1.92 bits per heavy atom. The summed E-state index contributed by atoms with van der Waals surface area (Å²) in [6.45, 7) is 2.99. The van der Waals surface area contributed by atoms with E-state index < -0.39 is 10.4 Å². The summed E-state index contributed by atoms with van der Waals surface area (Å²) in [6, 6.07) is 11.6. The van der Waals surface area contributed by atoms with Gasteiger partial charge in [0, 0.05) is 17.2 Å². The molecular weight excluding hydrogens is 344 g/mol. The second-order valence-electron chi connectivity index (χ2n) is 5.61. The Kier molecular flexibility index (Phi) is 7.49. The lowest BCUT2D eigenvalue weighted by molar-refractivity contribution is 0.230. The van der Waals surface area contributed by atoms with E-state index in [0.29, 0.717) is 18.8 Å². The largest absolute Gasteiger partial charge is 0.493 e. The Morgan fingerprint density at radius 1 is 0.840 bits per heavy atom. The molecule has 0 aromatic heterocycles. The fraction of sp³-hybridized carbons (Fsp3) is 0.444. The fourth-order valence-electron chi connectivity index (χ4n) is 2.44. The molecule has 2 rings (SSSR count). The highest BCUT2D eigenvalue weighted by atomic mass is 32.3. The third kappa shape index (κ3) is 6.53. The van der Waals surface area contributed by atoms with Crippen molar-refractivity contribution in [1.82, 2.24) is 0 Å². The van der Waals surface area contributed by atoms with Crippen LogP contribution in [0.15, 0.2) is 36.4 Å². The third-order valence-corrected chi connectivity index (χ3v) is 4.09. The van der Waals surface area contributed by atoms with E-state index in [9.17, 15) is 8.42 Å². The number of rotatable bonds is 11. The molecule has 0 heterocycles. The molecule has 138 valence electrons. The van der Waals surface area contributed by atoms with Crippen molar-refractivity contribution in [3.05, 3.63) is 36.4 Å². The smallest absolute Gasteiger partial charge is 0.397 e. The summed E-state index contributed by atoms with van der Waals surface area (Å²) in [4.78, 5) is 0. The zero-order valence-electron chi connectivity index (χ0n) is 14.3. The maximum absolute atomic E-state index is 10.5. The Balaban J connectivity index is 1.98. The van der Waals surface area contributed by atoms with Gasteiger partial charge in [0.1, 0.15) is 11.5 Å². The van der Waals surface area contributed by atoms with Crippen molar-refractivity contribution in [2.75, 3.05) is 19.8 Å². The lowest BCUT2D eigenvalue weighted by atomic mass is 10.1. The van der Waals surface area contributed by atoms with E-state index in [1.165, 1.54) is 0 Å². The minimum Gasteiger partial charge on any atom is -0.493 e. The predicted octanol–water partition coefficient (Wildman–Crippen LogP) is 4.00. The Bertz CT molecular complexity index is 772. The van der Waals surface area contributed by atoms with Gasteiger partial charge >= 0.3 is 10.4 Å². The van der Waals surface area contributed by atoms with Gasteiger partial charge in [-0.05, 0) is 18.6 Å². The summed E-state index contributed by atoms with van der Waals surface area (Å²) >= 11 is 0. The van der Waals surface area contributed by atoms with E-state index in [-0.39, 0.29) is 13.2 Å². The van der Waals surface area contributed by atoms with Crippen molar-refractivity contribution in [3.8, 4) is 11.5 Å². The molecule has 2 aromatic rings. The van der Waals surface area contributed by atoms with Crippen LogP contribution in [0.4, 0.5) is 0 Å². The maximum atomic E-state index is 10.5. The average Bonchev–Trinajstić information content (AvgIpc) is 2.58. The molecule has 7 heteroatoms. The summed E-state index contributed by atoms with van der Waals surface area (Å²) in [5.74, 6) is 1.53. The van der Waals surface area contributed by atoms with Crippen LogP contribution >= 0.6 is 0 Å². The van der Waals surface area contributed by atoms with Crippen molar-refractivity contribution in [2.24, 2.45) is 0 Å². The van der Waals surface area contributed by atoms with Crippen LogP contribution in [0.3, 0.4) is 0 Å². The summed E-state index contributed by atoms with van der Waals surface area (Å²) in [6.07, 6.45) is 3.66. The van der Waals surface area contributed by atoms with Gasteiger partial charge in [-0.3, -0.25) is 4.55 Å². The zero-order chi connectivity index (χ0) is 18.1. The third-order valence-electron chi connectivity index (χ3n) is 3.63. The van der Waals surface area contributed by atoms with E-state index in [2.05, 4.69) is 11.1 Å². The van der Waals surface area contributed by atoms with Gasteiger partial charge in [-0.15, -0.1) is 0 Å². The molecule has 0 spiro atoms. The Morgan fingerprint density at radius 2 is 1.40 bits per heavy atom. The minimum absolute atomic E-state index is 0.130. The van der Waals surface area contributed by atoms with Crippen LogP contribution in [0, 0.1) is 0 Å². The molecule has 2 aromatic carbocycles.